The number of aryl methyl sites for hydroxylation is 1. The van der Waals surface area contributed by atoms with E-state index in [4.69, 9.17) is 4.99 Å². The Morgan fingerprint density at radius 2 is 2.09 bits per heavy atom. The standard InChI is InChI=1S/C23H31F4N7O/c1-5-19-30-15-11-29-18(10-16(15)34(19)12-14(2)23(25,26)27)31-22(4)6-8-28-20(32-22)33-9-7-21(3,35)17(24)13-33/h6,8,10-11,14,17,35H,5,7,9,12-13H2,1-4H3,(H,28,32)(H,29,31)/t14?,17-,21+,22?/m0/s1. The van der Waals surface area contributed by atoms with Crippen molar-refractivity contribution < 1.29 is 22.7 Å². The van der Waals surface area contributed by atoms with E-state index in [0.717, 1.165) is 6.92 Å². The van der Waals surface area contributed by atoms with E-state index in [-0.39, 0.29) is 19.5 Å². The quantitative estimate of drug-likeness (QED) is 0.547. The number of nitrogens with one attached hydrogen (secondary N) is 2. The smallest absolute Gasteiger partial charge is 0.387 e. The number of anilines is 1. The molecule has 4 rings (SSSR count). The van der Waals surface area contributed by atoms with Gasteiger partial charge in [-0.05, 0) is 26.3 Å². The Bertz CT molecular complexity index is 1140. The van der Waals surface area contributed by atoms with Crippen molar-refractivity contribution in [2.75, 3.05) is 18.4 Å². The van der Waals surface area contributed by atoms with Crippen molar-refractivity contribution in [2.24, 2.45) is 10.9 Å². The van der Waals surface area contributed by atoms with Crippen LogP contribution in [0.1, 0.15) is 39.9 Å². The van der Waals surface area contributed by atoms with Gasteiger partial charge in [-0.1, -0.05) is 13.8 Å². The molecule has 192 valence electrons. The van der Waals surface area contributed by atoms with Crippen LogP contribution >= 0.6 is 0 Å². The fraction of sp³-hybridized carbons (Fsp3) is 0.609. The number of pyridine rings is 1. The van der Waals surface area contributed by atoms with Gasteiger partial charge in [0.2, 0.25) is 5.96 Å². The van der Waals surface area contributed by atoms with Crippen molar-refractivity contribution in [3.63, 3.8) is 0 Å². The summed E-state index contributed by atoms with van der Waals surface area (Å²) >= 11 is 0. The zero-order valence-corrected chi connectivity index (χ0v) is 20.2. The molecular formula is C23H31F4N7O. The summed E-state index contributed by atoms with van der Waals surface area (Å²) in [5.74, 6) is -0.0938. The van der Waals surface area contributed by atoms with Gasteiger partial charge in [-0.25, -0.2) is 19.4 Å². The van der Waals surface area contributed by atoms with E-state index in [2.05, 4.69) is 20.6 Å². The van der Waals surface area contributed by atoms with Gasteiger partial charge in [0.25, 0.3) is 0 Å². The Labute approximate surface area is 201 Å². The zero-order valence-electron chi connectivity index (χ0n) is 20.2. The lowest BCUT2D eigenvalue weighted by Gasteiger charge is -2.41. The Balaban J connectivity index is 1.59. The van der Waals surface area contributed by atoms with Crippen molar-refractivity contribution >= 4 is 22.8 Å². The molecule has 4 atom stereocenters. The number of halogens is 4. The van der Waals surface area contributed by atoms with Crippen LogP contribution in [0.4, 0.5) is 23.4 Å². The van der Waals surface area contributed by atoms with Crippen LogP contribution in [-0.2, 0) is 13.0 Å². The minimum absolute atomic E-state index is 0.00331. The summed E-state index contributed by atoms with van der Waals surface area (Å²) in [5, 5.41) is 16.4. The van der Waals surface area contributed by atoms with Crippen LogP contribution in [0.15, 0.2) is 29.5 Å². The second-order valence-corrected chi connectivity index (χ2v) is 9.70. The van der Waals surface area contributed by atoms with Gasteiger partial charge >= 0.3 is 6.18 Å². The number of nitrogens with zero attached hydrogens (tertiary/aromatic N) is 5. The van der Waals surface area contributed by atoms with Gasteiger partial charge in [0.15, 0.2) is 5.66 Å². The van der Waals surface area contributed by atoms with E-state index in [9.17, 15) is 22.7 Å². The van der Waals surface area contributed by atoms with Gasteiger partial charge in [-0.3, -0.25) is 0 Å². The second-order valence-electron chi connectivity index (χ2n) is 9.70. The maximum atomic E-state index is 14.4. The number of rotatable bonds is 5. The normalized spacial score (nSPS) is 28.1. The highest BCUT2D eigenvalue weighted by atomic mass is 19.4. The maximum absolute atomic E-state index is 14.4. The highest BCUT2D eigenvalue weighted by Crippen LogP contribution is 2.30. The number of fused-ring (bicyclic) bond motifs is 1. The van der Waals surface area contributed by atoms with Gasteiger partial charge in [0.1, 0.15) is 23.3 Å². The zero-order chi connectivity index (χ0) is 25.6. The summed E-state index contributed by atoms with van der Waals surface area (Å²) in [7, 11) is 0. The molecule has 0 radical (unpaired) electrons. The van der Waals surface area contributed by atoms with Crippen LogP contribution in [0.3, 0.4) is 0 Å². The van der Waals surface area contributed by atoms with Crippen LogP contribution in [0.25, 0.3) is 11.0 Å². The maximum Gasteiger partial charge on any atom is 0.393 e. The third-order valence-electron chi connectivity index (χ3n) is 6.63. The van der Waals surface area contributed by atoms with E-state index >= 15 is 0 Å². The van der Waals surface area contributed by atoms with Gasteiger partial charge in [0, 0.05) is 31.8 Å². The Morgan fingerprint density at radius 3 is 2.74 bits per heavy atom. The average molecular weight is 498 g/mol. The lowest BCUT2D eigenvalue weighted by Crippen LogP contribution is -2.56. The first-order chi connectivity index (χ1) is 16.3. The molecule has 3 N–H and O–H groups in total. The molecule has 35 heavy (non-hydrogen) atoms. The minimum Gasteiger partial charge on any atom is -0.387 e. The van der Waals surface area contributed by atoms with Crippen molar-refractivity contribution in [1.82, 2.24) is 24.8 Å². The number of likely N-dealkylation sites (tertiary alicyclic amines) is 1. The van der Waals surface area contributed by atoms with Crippen molar-refractivity contribution in [3.8, 4) is 0 Å². The highest BCUT2D eigenvalue weighted by molar-refractivity contribution is 5.83. The summed E-state index contributed by atoms with van der Waals surface area (Å²) in [5.41, 5.74) is -1.23. The largest absolute Gasteiger partial charge is 0.393 e. The summed E-state index contributed by atoms with van der Waals surface area (Å²) in [6.07, 6.45) is 0.0246. The molecule has 2 unspecified atom stereocenters. The lowest BCUT2D eigenvalue weighted by molar-refractivity contribution is -0.172. The lowest BCUT2D eigenvalue weighted by atomic mass is 9.92. The first kappa shape index (κ1) is 25.2. The number of aliphatic hydroxyl groups is 1. The third-order valence-corrected chi connectivity index (χ3v) is 6.63. The molecule has 2 aromatic heterocycles. The highest BCUT2D eigenvalue weighted by Gasteiger charge is 2.40. The molecule has 2 aromatic rings. The van der Waals surface area contributed by atoms with E-state index in [1.54, 1.807) is 27.8 Å². The van der Waals surface area contributed by atoms with Crippen LogP contribution in [0.5, 0.6) is 0 Å². The average Bonchev–Trinajstić information content (AvgIpc) is 3.11. The van der Waals surface area contributed by atoms with Crippen LogP contribution in [-0.4, -0.2) is 67.2 Å². The predicted molar refractivity (Wildman–Crippen MR) is 126 cm³/mol. The fourth-order valence-corrected chi connectivity index (χ4v) is 4.25. The molecule has 0 amide bonds. The number of piperidine rings is 1. The molecule has 0 saturated carbocycles. The fourth-order valence-electron chi connectivity index (χ4n) is 4.25. The molecule has 0 aliphatic carbocycles. The molecule has 4 heterocycles. The number of hydrogen-bond acceptors (Lipinski definition) is 7. The predicted octanol–water partition coefficient (Wildman–Crippen LogP) is 3.59. The molecule has 0 bridgehead atoms. The molecular weight excluding hydrogens is 466 g/mol. The van der Waals surface area contributed by atoms with Crippen LogP contribution in [0, 0.1) is 5.92 Å². The molecule has 0 spiro atoms. The molecule has 8 nitrogen and oxygen atoms in total. The Morgan fingerprint density at radius 1 is 1.34 bits per heavy atom. The van der Waals surface area contributed by atoms with E-state index in [1.165, 1.54) is 13.1 Å². The van der Waals surface area contributed by atoms with Crippen molar-refractivity contribution in [3.05, 3.63) is 30.4 Å². The summed E-state index contributed by atoms with van der Waals surface area (Å²) in [4.78, 5) is 15.3. The van der Waals surface area contributed by atoms with Crippen molar-refractivity contribution in [2.45, 2.75) is 70.7 Å². The molecule has 2 aliphatic rings. The number of alkyl halides is 4. The minimum atomic E-state index is -4.31. The number of aliphatic imine (C=N–C) groups is 1. The van der Waals surface area contributed by atoms with Gasteiger partial charge < -0.3 is 25.2 Å². The van der Waals surface area contributed by atoms with Gasteiger partial charge in [-0.15, -0.1) is 0 Å². The Hall–Kier alpha value is -2.89. The molecule has 2 aliphatic heterocycles. The third kappa shape index (κ3) is 5.21. The van der Waals surface area contributed by atoms with E-state index < -0.39 is 29.5 Å². The Kier molecular flexibility index (Phi) is 6.45. The second kappa shape index (κ2) is 8.96. The molecule has 12 heteroatoms. The number of guanidine groups is 1. The molecule has 0 aromatic carbocycles. The topological polar surface area (TPSA) is 90.6 Å². The molecule has 1 fully saturated rings. The summed E-state index contributed by atoms with van der Waals surface area (Å²) < 4.78 is 55.7. The first-order valence-corrected chi connectivity index (χ1v) is 11.7. The SMILES string of the molecule is CCc1nc2cnc(NC3(C)C=CNC(N4CC[C@@](C)(O)[C@@H](F)C4)=N3)cc2n1CC(C)C(F)(F)F. The van der Waals surface area contributed by atoms with Crippen LogP contribution < -0.4 is 10.6 Å². The van der Waals surface area contributed by atoms with Gasteiger partial charge in [0.05, 0.1) is 29.8 Å². The number of imidazole rings is 1. The summed E-state index contributed by atoms with van der Waals surface area (Å²) in [6.45, 7) is 6.50. The monoisotopic (exact) mass is 497 g/mol. The summed E-state index contributed by atoms with van der Waals surface area (Å²) in [6, 6.07) is 1.68. The van der Waals surface area contributed by atoms with E-state index in [1.807, 2.05) is 13.8 Å². The number of aromatic nitrogens is 3. The first-order valence-electron chi connectivity index (χ1n) is 11.7. The molecule has 1 saturated heterocycles. The van der Waals surface area contributed by atoms with E-state index in [0.29, 0.717) is 41.6 Å². The number of hydrogen-bond donors (Lipinski definition) is 3. The van der Waals surface area contributed by atoms with Crippen LogP contribution in [0.2, 0.25) is 0 Å². The van der Waals surface area contributed by atoms with Gasteiger partial charge in [-0.2, -0.15) is 13.2 Å². The van der Waals surface area contributed by atoms with Crippen molar-refractivity contribution in [1.29, 1.82) is 0 Å².